The zero-order chi connectivity index (χ0) is 15.1. The van der Waals surface area contributed by atoms with Crippen molar-refractivity contribution in [3.8, 4) is 11.1 Å². The highest BCUT2D eigenvalue weighted by Gasteiger charge is 2.35. The summed E-state index contributed by atoms with van der Waals surface area (Å²) < 4.78 is 39.2. The van der Waals surface area contributed by atoms with E-state index in [1.807, 2.05) is 0 Å². The normalized spacial score (nSPS) is 11.8. The summed E-state index contributed by atoms with van der Waals surface area (Å²) in [4.78, 5) is 0. The molecule has 0 N–H and O–H groups in total. The van der Waals surface area contributed by atoms with E-state index in [4.69, 9.17) is 46.4 Å². The summed E-state index contributed by atoms with van der Waals surface area (Å²) in [6, 6.07) is 6.13. The van der Waals surface area contributed by atoms with Crippen LogP contribution in [0.15, 0.2) is 30.3 Å². The molecule has 2 rings (SSSR count). The largest absolute Gasteiger partial charge is 0.417 e. The van der Waals surface area contributed by atoms with Crippen LogP contribution in [0, 0.1) is 0 Å². The second-order valence-electron chi connectivity index (χ2n) is 3.91. The molecule has 0 unspecified atom stereocenters. The zero-order valence-corrected chi connectivity index (χ0v) is 12.6. The molecule has 0 fully saturated rings. The SMILES string of the molecule is FC(F)(F)c1cccc(Cl)c1-c1cc(Cl)cc(Cl)c1Cl. The zero-order valence-electron chi connectivity index (χ0n) is 9.53. The van der Waals surface area contributed by atoms with Crippen LogP contribution in [-0.4, -0.2) is 0 Å². The Morgan fingerprint density at radius 3 is 2.10 bits per heavy atom. The highest BCUT2D eigenvalue weighted by molar-refractivity contribution is 6.45. The molecular weight excluding hydrogens is 355 g/mol. The van der Waals surface area contributed by atoms with Crippen molar-refractivity contribution in [3.05, 3.63) is 56.0 Å². The average molecular weight is 360 g/mol. The highest BCUT2D eigenvalue weighted by atomic mass is 35.5. The fraction of sp³-hybridized carbons (Fsp3) is 0.0769. The molecule has 106 valence electrons. The van der Waals surface area contributed by atoms with Gasteiger partial charge in [-0.05, 0) is 24.3 Å². The molecule has 7 heteroatoms. The fourth-order valence-electron chi connectivity index (χ4n) is 1.77. The highest BCUT2D eigenvalue weighted by Crippen LogP contribution is 2.45. The summed E-state index contributed by atoms with van der Waals surface area (Å²) in [5.74, 6) is 0. The lowest BCUT2D eigenvalue weighted by Crippen LogP contribution is -2.07. The van der Waals surface area contributed by atoms with Gasteiger partial charge >= 0.3 is 6.18 Å². The van der Waals surface area contributed by atoms with Crippen LogP contribution in [0.25, 0.3) is 11.1 Å². The maximum Gasteiger partial charge on any atom is 0.417 e. The number of hydrogen-bond acceptors (Lipinski definition) is 0. The second-order valence-corrected chi connectivity index (χ2v) is 5.54. The summed E-state index contributed by atoms with van der Waals surface area (Å²) in [6.45, 7) is 0. The molecule has 0 atom stereocenters. The van der Waals surface area contributed by atoms with Crippen molar-refractivity contribution in [2.45, 2.75) is 6.18 Å². The quantitative estimate of drug-likeness (QED) is 0.481. The summed E-state index contributed by atoms with van der Waals surface area (Å²) >= 11 is 23.5. The van der Waals surface area contributed by atoms with Crippen LogP contribution >= 0.6 is 46.4 Å². The molecule has 0 amide bonds. The van der Waals surface area contributed by atoms with Crippen LogP contribution < -0.4 is 0 Å². The first-order valence-corrected chi connectivity index (χ1v) is 6.73. The van der Waals surface area contributed by atoms with E-state index in [2.05, 4.69) is 0 Å². The van der Waals surface area contributed by atoms with Crippen LogP contribution in [0.2, 0.25) is 20.1 Å². The fourth-order valence-corrected chi connectivity index (χ4v) is 2.75. The average Bonchev–Trinajstić information content (AvgIpc) is 2.32. The molecule has 0 saturated heterocycles. The molecule has 2 aromatic rings. The van der Waals surface area contributed by atoms with Gasteiger partial charge in [-0.3, -0.25) is 0 Å². The van der Waals surface area contributed by atoms with Crippen molar-refractivity contribution in [1.82, 2.24) is 0 Å². The van der Waals surface area contributed by atoms with E-state index in [1.54, 1.807) is 0 Å². The number of hydrogen-bond donors (Lipinski definition) is 0. The second kappa shape index (κ2) is 5.64. The van der Waals surface area contributed by atoms with Crippen LogP contribution in [0.1, 0.15) is 5.56 Å². The molecule has 0 radical (unpaired) electrons. The van der Waals surface area contributed by atoms with Crippen molar-refractivity contribution in [3.63, 3.8) is 0 Å². The van der Waals surface area contributed by atoms with Crippen molar-refractivity contribution < 1.29 is 13.2 Å². The number of rotatable bonds is 1. The van der Waals surface area contributed by atoms with Crippen molar-refractivity contribution in [2.24, 2.45) is 0 Å². The van der Waals surface area contributed by atoms with Gasteiger partial charge in [0, 0.05) is 21.2 Å². The van der Waals surface area contributed by atoms with E-state index in [0.29, 0.717) is 0 Å². The maximum atomic E-state index is 13.1. The van der Waals surface area contributed by atoms with E-state index >= 15 is 0 Å². The first-order chi connectivity index (χ1) is 9.21. The minimum atomic E-state index is -4.57. The molecule has 0 heterocycles. The maximum absolute atomic E-state index is 13.1. The minimum absolute atomic E-state index is 0.0327. The number of benzene rings is 2. The number of halogens is 7. The predicted octanol–water partition coefficient (Wildman–Crippen LogP) is 6.99. The Hall–Kier alpha value is -0.610. The minimum Gasteiger partial charge on any atom is -0.166 e. The molecular formula is C13H5Cl4F3. The van der Waals surface area contributed by atoms with Gasteiger partial charge in [-0.25, -0.2) is 0 Å². The molecule has 0 nitrogen and oxygen atoms in total. The molecule has 0 aliphatic rings. The van der Waals surface area contributed by atoms with Gasteiger partial charge in [0.15, 0.2) is 0 Å². The first kappa shape index (κ1) is 15.8. The van der Waals surface area contributed by atoms with Gasteiger partial charge in [-0.2, -0.15) is 13.2 Å². The molecule has 20 heavy (non-hydrogen) atoms. The lowest BCUT2D eigenvalue weighted by atomic mass is 9.99. The molecule has 2 aromatic carbocycles. The third-order valence-corrected chi connectivity index (χ3v) is 3.92. The molecule has 0 spiro atoms. The summed E-state index contributed by atoms with van der Waals surface area (Å²) in [5.41, 5.74) is -1.09. The lowest BCUT2D eigenvalue weighted by Gasteiger charge is -2.16. The van der Waals surface area contributed by atoms with Crippen LogP contribution in [0.4, 0.5) is 13.2 Å². The Labute approximate surface area is 133 Å². The van der Waals surface area contributed by atoms with Gasteiger partial charge < -0.3 is 0 Å². The van der Waals surface area contributed by atoms with Crippen LogP contribution in [-0.2, 0) is 6.18 Å². The van der Waals surface area contributed by atoms with Crippen molar-refractivity contribution in [2.75, 3.05) is 0 Å². The molecule has 0 aliphatic carbocycles. The summed E-state index contributed by atoms with van der Waals surface area (Å²) in [6.07, 6.45) is -4.57. The van der Waals surface area contributed by atoms with E-state index in [9.17, 15) is 13.2 Å². The smallest absolute Gasteiger partial charge is 0.166 e. The van der Waals surface area contributed by atoms with E-state index < -0.39 is 11.7 Å². The Bertz CT molecular complexity index is 665. The van der Waals surface area contributed by atoms with Crippen LogP contribution in [0.3, 0.4) is 0 Å². The van der Waals surface area contributed by atoms with E-state index in [0.717, 1.165) is 6.07 Å². The molecule has 0 bridgehead atoms. The molecule has 0 saturated carbocycles. The van der Waals surface area contributed by atoms with Gasteiger partial charge in [0.1, 0.15) is 0 Å². The van der Waals surface area contributed by atoms with Gasteiger partial charge in [0.05, 0.1) is 15.6 Å². The van der Waals surface area contributed by atoms with E-state index in [1.165, 1.54) is 24.3 Å². The van der Waals surface area contributed by atoms with Gasteiger partial charge in [-0.15, -0.1) is 0 Å². The topological polar surface area (TPSA) is 0 Å². The third kappa shape index (κ3) is 3.01. The first-order valence-electron chi connectivity index (χ1n) is 5.22. The van der Waals surface area contributed by atoms with Crippen molar-refractivity contribution in [1.29, 1.82) is 0 Å². The Morgan fingerprint density at radius 2 is 1.50 bits per heavy atom. The Morgan fingerprint density at radius 1 is 0.850 bits per heavy atom. The Kier molecular flexibility index (Phi) is 4.45. The van der Waals surface area contributed by atoms with E-state index in [-0.39, 0.29) is 31.2 Å². The van der Waals surface area contributed by atoms with Gasteiger partial charge in [-0.1, -0.05) is 52.5 Å². The molecule has 0 aliphatic heterocycles. The lowest BCUT2D eigenvalue weighted by molar-refractivity contribution is -0.137. The third-order valence-electron chi connectivity index (χ3n) is 2.58. The van der Waals surface area contributed by atoms with Gasteiger partial charge in [0.2, 0.25) is 0 Å². The number of alkyl halides is 3. The summed E-state index contributed by atoms with van der Waals surface area (Å²) in [7, 11) is 0. The summed E-state index contributed by atoms with van der Waals surface area (Å²) in [5, 5.41) is 0.111. The predicted molar refractivity (Wildman–Crippen MR) is 76.9 cm³/mol. The van der Waals surface area contributed by atoms with Gasteiger partial charge in [0.25, 0.3) is 0 Å². The molecule has 0 aromatic heterocycles. The monoisotopic (exact) mass is 358 g/mol. The Balaban J connectivity index is 2.83. The van der Waals surface area contributed by atoms with Crippen LogP contribution in [0.5, 0.6) is 0 Å². The van der Waals surface area contributed by atoms with Crippen molar-refractivity contribution >= 4 is 46.4 Å². The standard InChI is InChI=1S/C13H5Cl4F3/c14-6-4-7(12(17)10(16)5-6)11-8(13(18,19)20)2-1-3-9(11)15/h1-5H.